The molecule has 2 heterocycles. The standard InChI is InChI=1S/C24H27N3O4/c1-24(9-10-29-2)22(28)21(20-11-15-7-5-6-8-19(15)26-20)23(25)27(24)16-12-17(30-3)14-18(13-16)31-4/h5-8,12-14,25-26H,9-11H2,1-4H3. The van der Waals surface area contributed by atoms with Gasteiger partial charge in [-0.2, -0.15) is 0 Å². The molecule has 0 aliphatic carbocycles. The van der Waals surface area contributed by atoms with Gasteiger partial charge in [0.05, 0.1) is 25.5 Å². The van der Waals surface area contributed by atoms with E-state index in [2.05, 4.69) is 5.32 Å². The van der Waals surface area contributed by atoms with Gasteiger partial charge >= 0.3 is 0 Å². The van der Waals surface area contributed by atoms with Gasteiger partial charge in [-0.25, -0.2) is 0 Å². The van der Waals surface area contributed by atoms with E-state index in [0.717, 1.165) is 16.9 Å². The molecule has 1 fully saturated rings. The van der Waals surface area contributed by atoms with Gasteiger partial charge < -0.3 is 24.4 Å². The Kier molecular flexibility index (Phi) is 5.45. The molecular weight excluding hydrogens is 394 g/mol. The van der Waals surface area contributed by atoms with Crippen molar-refractivity contribution in [2.45, 2.75) is 25.3 Å². The fraction of sp³-hybridized carbons (Fsp3) is 0.333. The number of hydrogen-bond donors (Lipinski definition) is 2. The average Bonchev–Trinajstić information content (AvgIpc) is 3.28. The number of fused-ring (bicyclic) bond motifs is 1. The molecular formula is C24H27N3O4. The van der Waals surface area contributed by atoms with E-state index in [-0.39, 0.29) is 11.6 Å². The lowest BCUT2D eigenvalue weighted by atomic mass is 9.90. The summed E-state index contributed by atoms with van der Waals surface area (Å²) in [5, 5.41) is 12.4. The Morgan fingerprint density at radius 2 is 1.77 bits per heavy atom. The largest absolute Gasteiger partial charge is 0.497 e. The molecule has 0 bridgehead atoms. The highest BCUT2D eigenvalue weighted by molar-refractivity contribution is 6.36. The van der Waals surface area contributed by atoms with Crippen LogP contribution in [-0.4, -0.2) is 45.1 Å². The lowest BCUT2D eigenvalue weighted by Gasteiger charge is -2.34. The molecule has 2 N–H and O–H groups in total. The minimum absolute atomic E-state index is 0.0911. The van der Waals surface area contributed by atoms with E-state index in [1.54, 1.807) is 32.3 Å². The second kappa shape index (κ2) is 8.07. The highest BCUT2D eigenvalue weighted by Gasteiger charge is 2.52. The van der Waals surface area contributed by atoms with E-state index < -0.39 is 5.54 Å². The van der Waals surface area contributed by atoms with E-state index in [4.69, 9.17) is 19.6 Å². The summed E-state index contributed by atoms with van der Waals surface area (Å²) in [5.74, 6) is 1.26. The van der Waals surface area contributed by atoms with Crippen LogP contribution in [0.2, 0.25) is 0 Å². The molecule has 2 aromatic carbocycles. The van der Waals surface area contributed by atoms with Crippen molar-refractivity contribution in [3.8, 4) is 11.5 Å². The molecule has 162 valence electrons. The van der Waals surface area contributed by atoms with Crippen molar-refractivity contribution in [3.05, 3.63) is 59.3 Å². The Labute approximate surface area is 182 Å². The highest BCUT2D eigenvalue weighted by atomic mass is 16.5. The average molecular weight is 421 g/mol. The predicted molar refractivity (Wildman–Crippen MR) is 120 cm³/mol. The van der Waals surface area contributed by atoms with Crippen molar-refractivity contribution in [3.63, 3.8) is 0 Å². The summed E-state index contributed by atoms with van der Waals surface area (Å²) in [6.07, 6.45) is 1.03. The Balaban J connectivity index is 1.84. The van der Waals surface area contributed by atoms with Gasteiger partial charge in [0.25, 0.3) is 0 Å². The maximum Gasteiger partial charge on any atom is 0.194 e. The van der Waals surface area contributed by atoms with Gasteiger partial charge in [0, 0.05) is 56.1 Å². The number of benzene rings is 2. The Morgan fingerprint density at radius 3 is 2.39 bits per heavy atom. The maximum atomic E-state index is 13.8. The van der Waals surface area contributed by atoms with E-state index in [1.807, 2.05) is 43.3 Å². The first kappa shape index (κ1) is 20.9. The summed E-state index contributed by atoms with van der Waals surface area (Å²) in [7, 11) is 4.77. The third-order valence-electron chi connectivity index (χ3n) is 6.03. The van der Waals surface area contributed by atoms with Crippen LogP contribution < -0.4 is 19.7 Å². The summed E-state index contributed by atoms with van der Waals surface area (Å²) in [6, 6.07) is 13.4. The molecule has 0 radical (unpaired) electrons. The lowest BCUT2D eigenvalue weighted by molar-refractivity contribution is -0.119. The number of nitrogens with zero attached hydrogens (tertiary/aromatic N) is 1. The number of para-hydroxylation sites is 1. The number of anilines is 2. The number of allylic oxidation sites excluding steroid dienone is 1. The van der Waals surface area contributed by atoms with Crippen molar-refractivity contribution in [2.75, 3.05) is 38.2 Å². The first-order valence-electron chi connectivity index (χ1n) is 10.2. The number of carbonyl (C=O) groups excluding carboxylic acids is 1. The predicted octanol–water partition coefficient (Wildman–Crippen LogP) is 3.79. The fourth-order valence-corrected chi connectivity index (χ4v) is 4.32. The molecule has 1 unspecified atom stereocenters. The molecule has 2 aliphatic heterocycles. The van der Waals surface area contributed by atoms with Crippen molar-refractivity contribution >= 4 is 23.0 Å². The maximum absolute atomic E-state index is 13.8. The molecule has 31 heavy (non-hydrogen) atoms. The summed E-state index contributed by atoms with van der Waals surface area (Å²) in [5.41, 5.74) is 2.97. The summed E-state index contributed by atoms with van der Waals surface area (Å²) < 4.78 is 16.2. The third-order valence-corrected chi connectivity index (χ3v) is 6.03. The van der Waals surface area contributed by atoms with Crippen LogP contribution in [0.1, 0.15) is 18.9 Å². The first-order valence-corrected chi connectivity index (χ1v) is 10.2. The van der Waals surface area contributed by atoms with Gasteiger partial charge in [0.1, 0.15) is 22.9 Å². The summed E-state index contributed by atoms with van der Waals surface area (Å²) in [4.78, 5) is 15.5. The Hall–Kier alpha value is -3.32. The van der Waals surface area contributed by atoms with Gasteiger partial charge in [-0.1, -0.05) is 18.2 Å². The molecule has 2 aliphatic rings. The summed E-state index contributed by atoms with van der Waals surface area (Å²) >= 11 is 0. The number of rotatable bonds is 6. The smallest absolute Gasteiger partial charge is 0.194 e. The van der Waals surface area contributed by atoms with Crippen LogP contribution in [0, 0.1) is 5.41 Å². The van der Waals surface area contributed by atoms with Crippen LogP contribution in [0.15, 0.2) is 53.7 Å². The summed E-state index contributed by atoms with van der Waals surface area (Å²) in [6.45, 7) is 2.26. The number of nitrogens with one attached hydrogen (secondary N) is 2. The monoisotopic (exact) mass is 421 g/mol. The van der Waals surface area contributed by atoms with Crippen molar-refractivity contribution in [1.82, 2.24) is 0 Å². The van der Waals surface area contributed by atoms with Crippen LogP contribution in [0.3, 0.4) is 0 Å². The van der Waals surface area contributed by atoms with Gasteiger partial charge in [-0.3, -0.25) is 10.2 Å². The first-order chi connectivity index (χ1) is 14.9. The van der Waals surface area contributed by atoms with Crippen molar-refractivity contribution < 1.29 is 19.0 Å². The third kappa shape index (κ3) is 3.45. The molecule has 0 saturated carbocycles. The number of ether oxygens (including phenoxy) is 3. The van der Waals surface area contributed by atoms with Gasteiger partial charge in [0.2, 0.25) is 0 Å². The van der Waals surface area contributed by atoms with Crippen LogP contribution in [0.25, 0.3) is 0 Å². The molecule has 0 amide bonds. The fourth-order valence-electron chi connectivity index (χ4n) is 4.32. The zero-order chi connectivity index (χ0) is 22.2. The number of methoxy groups -OCH3 is 3. The normalized spacial score (nSPS) is 22.5. The number of carbonyl (C=O) groups is 1. The molecule has 4 rings (SSSR count). The second-order valence-corrected chi connectivity index (χ2v) is 7.91. The molecule has 0 spiro atoms. The van der Waals surface area contributed by atoms with Crippen LogP contribution in [0.4, 0.5) is 11.4 Å². The molecule has 7 nitrogen and oxygen atoms in total. The molecule has 2 aromatic rings. The van der Waals surface area contributed by atoms with E-state index in [9.17, 15) is 4.79 Å². The van der Waals surface area contributed by atoms with Gasteiger partial charge in [-0.05, 0) is 18.6 Å². The van der Waals surface area contributed by atoms with Gasteiger partial charge in [0.15, 0.2) is 5.78 Å². The Bertz CT molecular complexity index is 1030. The van der Waals surface area contributed by atoms with Crippen LogP contribution in [0.5, 0.6) is 11.5 Å². The molecule has 7 heteroatoms. The molecule has 0 aromatic heterocycles. The van der Waals surface area contributed by atoms with E-state index in [1.165, 1.54) is 0 Å². The quantitative estimate of drug-likeness (QED) is 0.691. The van der Waals surface area contributed by atoms with Crippen molar-refractivity contribution in [2.24, 2.45) is 0 Å². The van der Waals surface area contributed by atoms with E-state index in [0.29, 0.717) is 42.2 Å². The topological polar surface area (TPSA) is 83.9 Å². The van der Waals surface area contributed by atoms with Crippen LogP contribution in [-0.2, 0) is 16.0 Å². The molecule has 1 atom stereocenters. The van der Waals surface area contributed by atoms with Crippen molar-refractivity contribution in [1.29, 1.82) is 5.41 Å². The SMILES string of the molecule is COCCC1(C)C(=O)C(=C2Cc3ccccc3N2)C(=N)N1c1cc(OC)cc(OC)c1. The minimum Gasteiger partial charge on any atom is -0.497 e. The number of amidine groups is 1. The second-order valence-electron chi connectivity index (χ2n) is 7.91. The van der Waals surface area contributed by atoms with Crippen LogP contribution >= 0.6 is 0 Å². The number of ketones is 1. The zero-order valence-electron chi connectivity index (χ0n) is 18.2. The number of Topliss-reactive ketones (excluding diaryl/α,β-unsaturated/α-hetero) is 1. The molecule has 1 saturated heterocycles. The number of hydrogen-bond acceptors (Lipinski definition) is 6. The zero-order valence-corrected chi connectivity index (χ0v) is 18.2. The van der Waals surface area contributed by atoms with Gasteiger partial charge in [-0.15, -0.1) is 0 Å². The minimum atomic E-state index is -0.969. The Morgan fingerprint density at radius 1 is 1.10 bits per heavy atom. The highest BCUT2D eigenvalue weighted by Crippen LogP contribution is 2.43. The van der Waals surface area contributed by atoms with E-state index >= 15 is 0 Å². The lowest BCUT2D eigenvalue weighted by Crippen LogP contribution is -2.48.